The normalized spacial score (nSPS) is 10.6. The van der Waals surface area contributed by atoms with Crippen molar-refractivity contribution in [3.05, 3.63) is 25.3 Å². The van der Waals surface area contributed by atoms with E-state index in [9.17, 15) is 9.59 Å². The van der Waals surface area contributed by atoms with Crippen molar-refractivity contribution in [3.8, 4) is 0 Å². The first kappa shape index (κ1) is 17.8. The molecular weight excluding hydrogens is 220 g/mol. The minimum absolute atomic E-state index is 0.252. The predicted octanol–water partition coefficient (Wildman–Crippen LogP) is 2.65. The molecule has 0 rings (SSSR count). The number of carbonyl (C=O) groups is 2. The summed E-state index contributed by atoms with van der Waals surface area (Å²) in [4.78, 5) is 21.0. The van der Waals surface area contributed by atoms with Gasteiger partial charge in [-0.1, -0.05) is 12.2 Å². The van der Waals surface area contributed by atoms with Crippen molar-refractivity contribution in [2.45, 2.75) is 27.7 Å². The molecule has 0 unspecified atom stereocenters. The molecule has 0 fully saturated rings. The molecule has 0 heterocycles. The molecule has 0 spiro atoms. The van der Waals surface area contributed by atoms with E-state index in [1.54, 1.807) is 33.8 Å². The summed E-state index contributed by atoms with van der Waals surface area (Å²) in [5.41, 5.74) is -1.32. The summed E-state index contributed by atoms with van der Waals surface area (Å²) < 4.78 is 4.50. The van der Waals surface area contributed by atoms with E-state index >= 15 is 0 Å². The largest absolute Gasteiger partial charge is 0.481 e. The Labute approximate surface area is 103 Å². The van der Waals surface area contributed by atoms with E-state index in [4.69, 9.17) is 5.11 Å². The van der Waals surface area contributed by atoms with Gasteiger partial charge in [-0.05, 0) is 27.7 Å². The van der Waals surface area contributed by atoms with E-state index in [0.717, 1.165) is 0 Å². The van der Waals surface area contributed by atoms with Gasteiger partial charge in [0.25, 0.3) is 0 Å². The quantitative estimate of drug-likeness (QED) is 0.608. The second-order valence-corrected chi connectivity index (χ2v) is 4.65. The van der Waals surface area contributed by atoms with Crippen LogP contribution in [0.3, 0.4) is 0 Å². The first-order chi connectivity index (χ1) is 7.55. The Kier molecular flexibility index (Phi) is 7.21. The van der Waals surface area contributed by atoms with Gasteiger partial charge in [0.1, 0.15) is 0 Å². The average molecular weight is 242 g/mol. The van der Waals surface area contributed by atoms with E-state index in [0.29, 0.717) is 0 Å². The lowest BCUT2D eigenvalue weighted by atomic mass is 9.94. The second-order valence-electron chi connectivity index (χ2n) is 4.65. The highest BCUT2D eigenvalue weighted by atomic mass is 16.5. The van der Waals surface area contributed by atoms with E-state index in [1.807, 2.05) is 0 Å². The standard InChI is InChI=1S/C7H12O2.C6H10O2/c1-5-7(2,3)6(8)9-4;1-4-6(2,3)5(7)8/h5H,1H2,2-4H3;4H,1H2,2-3H3,(H,7,8). The molecule has 0 amide bonds. The molecular formula is C13H22O4. The maximum absolute atomic E-state index is 10.8. The molecule has 0 saturated carbocycles. The van der Waals surface area contributed by atoms with Crippen molar-refractivity contribution in [2.75, 3.05) is 7.11 Å². The molecule has 98 valence electrons. The van der Waals surface area contributed by atoms with Gasteiger partial charge in [0.2, 0.25) is 0 Å². The van der Waals surface area contributed by atoms with Crippen LogP contribution < -0.4 is 0 Å². The highest BCUT2D eigenvalue weighted by Crippen LogP contribution is 2.17. The predicted molar refractivity (Wildman–Crippen MR) is 67.6 cm³/mol. The van der Waals surface area contributed by atoms with Crippen LogP contribution >= 0.6 is 0 Å². The smallest absolute Gasteiger partial charge is 0.315 e. The number of aliphatic carboxylic acids is 1. The Morgan fingerprint density at radius 3 is 1.47 bits per heavy atom. The van der Waals surface area contributed by atoms with Crippen LogP contribution in [0.4, 0.5) is 0 Å². The third-order valence-electron chi connectivity index (χ3n) is 2.28. The van der Waals surface area contributed by atoms with Crippen LogP contribution in [-0.4, -0.2) is 24.2 Å². The maximum Gasteiger partial charge on any atom is 0.315 e. The van der Waals surface area contributed by atoms with Gasteiger partial charge in [-0.3, -0.25) is 9.59 Å². The molecule has 0 aromatic carbocycles. The molecule has 0 saturated heterocycles. The summed E-state index contributed by atoms with van der Waals surface area (Å²) in [6.45, 7) is 13.6. The van der Waals surface area contributed by atoms with Gasteiger partial charge < -0.3 is 9.84 Å². The van der Waals surface area contributed by atoms with E-state index in [2.05, 4.69) is 17.9 Å². The fourth-order valence-corrected chi connectivity index (χ4v) is 0.434. The monoisotopic (exact) mass is 242 g/mol. The first-order valence-corrected chi connectivity index (χ1v) is 5.14. The number of esters is 1. The molecule has 0 aliphatic heterocycles. The topological polar surface area (TPSA) is 63.6 Å². The molecule has 0 aliphatic rings. The van der Waals surface area contributed by atoms with Gasteiger partial charge in [-0.25, -0.2) is 0 Å². The molecule has 0 radical (unpaired) electrons. The highest BCUT2D eigenvalue weighted by Gasteiger charge is 2.23. The maximum atomic E-state index is 10.8. The Morgan fingerprint density at radius 2 is 1.41 bits per heavy atom. The molecule has 0 bridgehead atoms. The van der Waals surface area contributed by atoms with E-state index in [1.165, 1.54) is 13.2 Å². The molecule has 4 heteroatoms. The Morgan fingerprint density at radius 1 is 1.06 bits per heavy atom. The van der Waals surface area contributed by atoms with Crippen LogP contribution in [0.15, 0.2) is 25.3 Å². The number of rotatable bonds is 4. The first-order valence-electron chi connectivity index (χ1n) is 5.14. The zero-order valence-corrected chi connectivity index (χ0v) is 11.2. The number of carbonyl (C=O) groups excluding carboxylic acids is 1. The molecule has 4 nitrogen and oxygen atoms in total. The van der Waals surface area contributed by atoms with Gasteiger partial charge in [-0.2, -0.15) is 0 Å². The molecule has 0 atom stereocenters. The van der Waals surface area contributed by atoms with Gasteiger partial charge in [0.05, 0.1) is 17.9 Å². The van der Waals surface area contributed by atoms with Crippen molar-refractivity contribution in [2.24, 2.45) is 10.8 Å². The van der Waals surface area contributed by atoms with Crippen molar-refractivity contribution < 1.29 is 19.4 Å². The van der Waals surface area contributed by atoms with Gasteiger partial charge in [0, 0.05) is 0 Å². The van der Waals surface area contributed by atoms with Crippen LogP contribution in [0.25, 0.3) is 0 Å². The summed E-state index contributed by atoms with van der Waals surface area (Å²) >= 11 is 0. The van der Waals surface area contributed by atoms with Crippen LogP contribution in [0, 0.1) is 10.8 Å². The Balaban J connectivity index is 0. The molecule has 0 aromatic rings. The number of hydrogen-bond acceptors (Lipinski definition) is 3. The highest BCUT2D eigenvalue weighted by molar-refractivity contribution is 5.77. The zero-order chi connectivity index (χ0) is 14.3. The average Bonchev–Trinajstić information content (AvgIpc) is 2.28. The molecule has 1 N–H and O–H groups in total. The summed E-state index contributed by atoms with van der Waals surface area (Å²) in [5.74, 6) is -1.09. The minimum atomic E-state index is -0.840. The number of carboxylic acids is 1. The summed E-state index contributed by atoms with van der Waals surface area (Å²) in [5, 5.41) is 8.37. The SMILES string of the molecule is C=CC(C)(C)C(=O)O.C=CC(C)(C)C(=O)OC. The van der Waals surface area contributed by atoms with Crippen LogP contribution in [0.2, 0.25) is 0 Å². The third-order valence-corrected chi connectivity index (χ3v) is 2.28. The van der Waals surface area contributed by atoms with Crippen LogP contribution in [0.5, 0.6) is 0 Å². The van der Waals surface area contributed by atoms with Gasteiger partial charge >= 0.3 is 11.9 Å². The Bertz CT molecular complexity index is 301. The van der Waals surface area contributed by atoms with Crippen molar-refractivity contribution in [1.29, 1.82) is 0 Å². The number of methoxy groups -OCH3 is 1. The van der Waals surface area contributed by atoms with E-state index < -0.39 is 16.8 Å². The second kappa shape index (κ2) is 6.89. The number of carboxylic acid groups (broad SMARTS) is 1. The van der Waals surface area contributed by atoms with Crippen molar-refractivity contribution in [3.63, 3.8) is 0 Å². The summed E-state index contributed by atoms with van der Waals surface area (Å²) in [6.07, 6.45) is 2.98. The summed E-state index contributed by atoms with van der Waals surface area (Å²) in [6, 6.07) is 0. The summed E-state index contributed by atoms with van der Waals surface area (Å²) in [7, 11) is 1.37. The van der Waals surface area contributed by atoms with Crippen molar-refractivity contribution in [1.82, 2.24) is 0 Å². The minimum Gasteiger partial charge on any atom is -0.481 e. The van der Waals surface area contributed by atoms with Crippen molar-refractivity contribution >= 4 is 11.9 Å². The molecule has 17 heavy (non-hydrogen) atoms. The van der Waals surface area contributed by atoms with Crippen LogP contribution in [-0.2, 0) is 14.3 Å². The lowest BCUT2D eigenvalue weighted by Gasteiger charge is -2.14. The van der Waals surface area contributed by atoms with Gasteiger partial charge in [-0.15, -0.1) is 13.2 Å². The molecule has 0 aliphatic carbocycles. The fraction of sp³-hybridized carbons (Fsp3) is 0.538. The number of ether oxygens (including phenoxy) is 1. The fourth-order valence-electron chi connectivity index (χ4n) is 0.434. The third kappa shape index (κ3) is 6.56. The van der Waals surface area contributed by atoms with Crippen LogP contribution in [0.1, 0.15) is 27.7 Å². The lowest BCUT2D eigenvalue weighted by Crippen LogP contribution is -2.22. The van der Waals surface area contributed by atoms with E-state index in [-0.39, 0.29) is 5.97 Å². The Hall–Kier alpha value is -1.58. The molecule has 0 aromatic heterocycles. The number of hydrogen-bond donors (Lipinski definition) is 1. The lowest BCUT2D eigenvalue weighted by molar-refractivity contribution is -0.148. The van der Waals surface area contributed by atoms with Gasteiger partial charge in [0.15, 0.2) is 0 Å². The zero-order valence-electron chi connectivity index (χ0n) is 11.2.